The van der Waals surface area contributed by atoms with Crippen LogP contribution in [0.25, 0.3) is 27.3 Å². The summed E-state index contributed by atoms with van der Waals surface area (Å²) in [4.78, 5) is 17.9. The average molecular weight is 676 g/mol. The number of benzene rings is 2. The lowest BCUT2D eigenvalue weighted by Gasteiger charge is -2.34. The Labute approximate surface area is 264 Å². The van der Waals surface area contributed by atoms with E-state index < -0.39 is 26.0 Å². The van der Waals surface area contributed by atoms with E-state index in [1.807, 2.05) is 31.2 Å². The third-order valence-electron chi connectivity index (χ3n) is 8.03. The summed E-state index contributed by atoms with van der Waals surface area (Å²) in [6.45, 7) is 2.29. The number of amides is 1. The lowest BCUT2D eigenvalue weighted by atomic mass is 9.89. The fraction of sp³-hybridized carbons (Fsp3) is 0.310. The van der Waals surface area contributed by atoms with E-state index in [4.69, 9.17) is 16.0 Å². The number of anilines is 1. The molecule has 5 aromatic rings. The number of thiazole rings is 1. The van der Waals surface area contributed by atoms with Crippen molar-refractivity contribution in [2.45, 2.75) is 30.7 Å². The van der Waals surface area contributed by atoms with Crippen LogP contribution in [0, 0.1) is 6.92 Å². The maximum atomic E-state index is 13.9. The number of piperidine rings is 1. The van der Waals surface area contributed by atoms with Gasteiger partial charge in [0.25, 0.3) is 15.9 Å². The highest BCUT2D eigenvalue weighted by molar-refractivity contribution is 7.92. The van der Waals surface area contributed by atoms with Crippen molar-refractivity contribution < 1.29 is 26.0 Å². The van der Waals surface area contributed by atoms with E-state index in [0.29, 0.717) is 56.9 Å². The molecule has 11 nitrogen and oxygen atoms in total. The number of imidazole rings is 1. The summed E-state index contributed by atoms with van der Waals surface area (Å²) < 4.78 is 63.7. The fourth-order valence-electron chi connectivity index (χ4n) is 5.69. The van der Waals surface area contributed by atoms with Gasteiger partial charge in [0.1, 0.15) is 11.3 Å². The summed E-state index contributed by atoms with van der Waals surface area (Å²) in [6.07, 6.45) is 3.83. The van der Waals surface area contributed by atoms with Gasteiger partial charge in [-0.2, -0.15) is 4.31 Å². The second kappa shape index (κ2) is 11.2. The van der Waals surface area contributed by atoms with Crippen molar-refractivity contribution >= 4 is 70.5 Å². The highest BCUT2D eigenvalue weighted by Crippen LogP contribution is 2.43. The Balaban J connectivity index is 1.51. The molecule has 0 saturated carbocycles. The zero-order valence-electron chi connectivity index (χ0n) is 24.4. The van der Waals surface area contributed by atoms with Crippen LogP contribution >= 0.6 is 22.9 Å². The van der Waals surface area contributed by atoms with E-state index in [2.05, 4.69) is 10.3 Å². The van der Waals surface area contributed by atoms with Crippen LogP contribution in [0.5, 0.6) is 0 Å². The molecule has 3 aromatic heterocycles. The van der Waals surface area contributed by atoms with Crippen LogP contribution in [-0.2, 0) is 20.0 Å². The normalized spacial score (nSPS) is 16.5. The number of carbonyl (C=O) groups is 1. The third kappa shape index (κ3) is 5.17. The molecular formula is C29H30ClN5O6S3. The molecule has 1 saturated heterocycles. The number of hydrogen-bond acceptors (Lipinski definition) is 8. The van der Waals surface area contributed by atoms with Gasteiger partial charge in [0.2, 0.25) is 10.0 Å². The van der Waals surface area contributed by atoms with Crippen molar-refractivity contribution in [2.75, 3.05) is 37.7 Å². The SMILES string of the molecule is CNC(=O)c1c(-c2ccc(C)cc2)oc2cc(N(C)S(C)(=O)=O)c([C@H]3CCCN(S(=O)(=O)c4c(Cl)nc5sccn45)C3)cc12. The first-order valence-electron chi connectivity index (χ1n) is 13.8. The van der Waals surface area contributed by atoms with Gasteiger partial charge in [-0.1, -0.05) is 41.4 Å². The molecule has 15 heteroatoms. The van der Waals surface area contributed by atoms with Gasteiger partial charge in [-0.05, 0) is 37.3 Å². The predicted molar refractivity (Wildman–Crippen MR) is 172 cm³/mol. The second-order valence-electron chi connectivity index (χ2n) is 10.9. The van der Waals surface area contributed by atoms with Crippen LogP contribution in [0.3, 0.4) is 0 Å². The first-order chi connectivity index (χ1) is 20.8. The van der Waals surface area contributed by atoms with Crippen molar-refractivity contribution in [1.82, 2.24) is 19.0 Å². The number of carbonyl (C=O) groups excluding carboxylic acids is 1. The minimum atomic E-state index is -4.06. The zero-order valence-corrected chi connectivity index (χ0v) is 27.6. The van der Waals surface area contributed by atoms with Crippen LogP contribution < -0.4 is 9.62 Å². The molecule has 232 valence electrons. The molecule has 1 atom stereocenters. The van der Waals surface area contributed by atoms with Gasteiger partial charge in [-0.15, -0.1) is 11.3 Å². The van der Waals surface area contributed by atoms with E-state index in [-0.39, 0.29) is 29.2 Å². The number of halogens is 1. The summed E-state index contributed by atoms with van der Waals surface area (Å²) >= 11 is 7.60. The van der Waals surface area contributed by atoms with Crippen molar-refractivity contribution in [2.24, 2.45) is 0 Å². The summed E-state index contributed by atoms with van der Waals surface area (Å²) in [5, 5.41) is 4.72. The van der Waals surface area contributed by atoms with Crippen molar-refractivity contribution in [3.05, 3.63) is 69.8 Å². The average Bonchev–Trinajstić information content (AvgIpc) is 3.68. The van der Waals surface area contributed by atoms with Crippen molar-refractivity contribution in [1.29, 1.82) is 0 Å². The topological polar surface area (TPSA) is 134 Å². The molecule has 6 rings (SSSR count). The fourth-order valence-corrected chi connectivity index (χ4v) is 9.14. The molecule has 0 bridgehead atoms. The predicted octanol–water partition coefficient (Wildman–Crippen LogP) is 5.09. The van der Waals surface area contributed by atoms with E-state index in [9.17, 15) is 21.6 Å². The summed E-state index contributed by atoms with van der Waals surface area (Å²) in [5.74, 6) is -0.410. The Morgan fingerprint density at radius 1 is 1.18 bits per heavy atom. The minimum Gasteiger partial charge on any atom is -0.455 e. The molecule has 0 spiro atoms. The Bertz CT molecular complexity index is 2130. The maximum Gasteiger partial charge on any atom is 0.262 e. The van der Waals surface area contributed by atoms with Gasteiger partial charge in [0.15, 0.2) is 15.1 Å². The van der Waals surface area contributed by atoms with Gasteiger partial charge in [-0.25, -0.2) is 21.8 Å². The molecular weight excluding hydrogens is 646 g/mol. The Morgan fingerprint density at radius 2 is 1.91 bits per heavy atom. The second-order valence-corrected chi connectivity index (χ2v) is 16.0. The van der Waals surface area contributed by atoms with Crippen LogP contribution in [0.1, 0.15) is 40.2 Å². The van der Waals surface area contributed by atoms with E-state index in [1.165, 1.54) is 34.1 Å². The molecule has 1 aliphatic rings. The largest absolute Gasteiger partial charge is 0.455 e. The van der Waals surface area contributed by atoms with Crippen LogP contribution in [-0.4, -0.2) is 69.9 Å². The summed E-state index contributed by atoms with van der Waals surface area (Å²) in [6, 6.07) is 10.9. The third-order valence-corrected chi connectivity index (χ3v) is 12.2. The number of aromatic nitrogens is 2. The molecule has 1 fully saturated rings. The van der Waals surface area contributed by atoms with E-state index in [1.54, 1.807) is 23.7 Å². The standard InChI is InChI=1S/C29H30ClN5O6S3/c1-17-7-9-18(10-8-17)25-24(27(36)31-2)21-14-20(22(15-23(21)41-25)33(3)43(4,37)38)19-6-5-11-34(16-19)44(39,40)28-26(30)32-29-35(28)12-13-42-29/h7-10,12-15,19H,5-6,11,16H2,1-4H3,(H,31,36)/t19-/m0/s1. The van der Waals surface area contributed by atoms with Gasteiger partial charge >= 0.3 is 0 Å². The molecule has 2 aromatic carbocycles. The highest BCUT2D eigenvalue weighted by atomic mass is 35.5. The van der Waals surface area contributed by atoms with E-state index in [0.717, 1.165) is 16.1 Å². The summed E-state index contributed by atoms with van der Waals surface area (Å²) in [7, 11) is -4.80. The molecule has 1 amide bonds. The Morgan fingerprint density at radius 3 is 2.59 bits per heavy atom. The van der Waals surface area contributed by atoms with Crippen LogP contribution in [0.4, 0.5) is 5.69 Å². The van der Waals surface area contributed by atoms with Crippen LogP contribution in [0.15, 0.2) is 57.4 Å². The monoisotopic (exact) mass is 675 g/mol. The van der Waals surface area contributed by atoms with Crippen molar-refractivity contribution in [3.8, 4) is 11.3 Å². The summed E-state index contributed by atoms with van der Waals surface area (Å²) in [5.41, 5.74) is 3.31. The van der Waals surface area contributed by atoms with Gasteiger partial charge in [-0.3, -0.25) is 13.5 Å². The first kappa shape index (κ1) is 30.6. The lowest BCUT2D eigenvalue weighted by Crippen LogP contribution is -2.40. The molecule has 0 unspecified atom stereocenters. The number of rotatable bonds is 7. The molecule has 0 aliphatic carbocycles. The molecule has 1 N–H and O–H groups in total. The number of aryl methyl sites for hydroxylation is 1. The van der Waals surface area contributed by atoms with Gasteiger partial charge in [0, 0.05) is 55.8 Å². The minimum absolute atomic E-state index is 0.0735. The smallest absolute Gasteiger partial charge is 0.262 e. The number of hydrogen-bond donors (Lipinski definition) is 1. The number of nitrogens with one attached hydrogen (secondary N) is 1. The zero-order chi connectivity index (χ0) is 31.6. The molecule has 0 radical (unpaired) electrons. The van der Waals surface area contributed by atoms with Crippen molar-refractivity contribution in [3.63, 3.8) is 0 Å². The molecule has 4 heterocycles. The molecule has 44 heavy (non-hydrogen) atoms. The number of sulfonamides is 2. The Kier molecular flexibility index (Phi) is 7.77. The maximum absolute atomic E-state index is 13.9. The number of fused-ring (bicyclic) bond motifs is 2. The van der Waals surface area contributed by atoms with Crippen LogP contribution in [0.2, 0.25) is 5.15 Å². The number of nitrogens with zero attached hydrogens (tertiary/aromatic N) is 4. The highest BCUT2D eigenvalue weighted by Gasteiger charge is 2.37. The first-order valence-corrected chi connectivity index (χ1v) is 18.3. The molecule has 1 aliphatic heterocycles. The number of furan rings is 1. The Hall–Kier alpha value is -3.43. The lowest BCUT2D eigenvalue weighted by molar-refractivity contribution is 0.0964. The van der Waals surface area contributed by atoms with Gasteiger partial charge < -0.3 is 9.73 Å². The quantitative estimate of drug-likeness (QED) is 0.254. The van der Waals surface area contributed by atoms with Gasteiger partial charge in [0.05, 0.1) is 17.5 Å². The van der Waals surface area contributed by atoms with E-state index >= 15 is 0 Å².